The molecule has 0 radical (unpaired) electrons. The molecular formula is C29H31Cl4N3O4S. The van der Waals surface area contributed by atoms with Crippen LogP contribution in [0.3, 0.4) is 0 Å². The summed E-state index contributed by atoms with van der Waals surface area (Å²) >= 11 is 24.6. The van der Waals surface area contributed by atoms with Crippen LogP contribution in [-0.2, 0) is 26.2 Å². The van der Waals surface area contributed by atoms with E-state index in [2.05, 4.69) is 5.32 Å². The van der Waals surface area contributed by atoms with Gasteiger partial charge in [0, 0.05) is 12.1 Å². The van der Waals surface area contributed by atoms with Gasteiger partial charge in [0.2, 0.25) is 11.8 Å². The van der Waals surface area contributed by atoms with Gasteiger partial charge < -0.3 is 10.2 Å². The van der Waals surface area contributed by atoms with Crippen molar-refractivity contribution < 1.29 is 18.0 Å². The fourth-order valence-corrected chi connectivity index (χ4v) is 5.92. The van der Waals surface area contributed by atoms with E-state index in [0.29, 0.717) is 10.6 Å². The standard InChI is InChI=1S/C29H31Cl4N3O4S/c1-18-6-10-22(11-7-18)41(39,40)36(21-9-13-24(31)26(33)15-21)17-27(37)35(19(2)28(38)34-29(3,4)5)16-20-8-12-23(30)25(32)14-20/h6-15,19H,16-17H2,1-5H3,(H,34,38)/t19-/m1/s1. The normalized spacial score (nSPS) is 12.5. The van der Waals surface area contributed by atoms with Gasteiger partial charge in [-0.3, -0.25) is 13.9 Å². The summed E-state index contributed by atoms with van der Waals surface area (Å²) in [5.74, 6) is -1.04. The molecule has 2 amide bonds. The van der Waals surface area contributed by atoms with Crippen LogP contribution >= 0.6 is 46.4 Å². The number of amides is 2. The number of hydrogen-bond donors (Lipinski definition) is 1. The Morgan fingerprint density at radius 1 is 0.854 bits per heavy atom. The van der Waals surface area contributed by atoms with E-state index in [0.717, 1.165) is 9.87 Å². The highest BCUT2D eigenvalue weighted by Crippen LogP contribution is 2.31. The summed E-state index contributed by atoms with van der Waals surface area (Å²) in [5, 5.41) is 3.83. The molecule has 0 heterocycles. The molecule has 0 spiro atoms. The van der Waals surface area contributed by atoms with Crippen LogP contribution in [0.25, 0.3) is 0 Å². The van der Waals surface area contributed by atoms with Crippen LogP contribution in [0.2, 0.25) is 20.1 Å². The summed E-state index contributed by atoms with van der Waals surface area (Å²) in [5.41, 5.74) is 1.04. The monoisotopic (exact) mass is 657 g/mol. The molecule has 0 aliphatic carbocycles. The molecule has 0 aliphatic rings. The number of benzene rings is 3. The molecule has 0 aromatic heterocycles. The lowest BCUT2D eigenvalue weighted by molar-refractivity contribution is -0.140. The van der Waals surface area contributed by atoms with E-state index in [4.69, 9.17) is 46.4 Å². The van der Waals surface area contributed by atoms with Crippen molar-refractivity contribution in [1.82, 2.24) is 10.2 Å². The third-order valence-electron chi connectivity index (χ3n) is 6.08. The van der Waals surface area contributed by atoms with Crippen molar-refractivity contribution in [3.8, 4) is 0 Å². The molecule has 220 valence electrons. The Bertz CT molecular complexity index is 1540. The number of carbonyl (C=O) groups is 2. The predicted molar refractivity (Wildman–Crippen MR) is 167 cm³/mol. The van der Waals surface area contributed by atoms with Gasteiger partial charge in [-0.2, -0.15) is 0 Å². The number of sulfonamides is 1. The summed E-state index contributed by atoms with van der Waals surface area (Å²) in [6.45, 7) is 8.22. The average molecular weight is 659 g/mol. The Kier molecular flexibility index (Phi) is 10.6. The number of anilines is 1. The van der Waals surface area contributed by atoms with Gasteiger partial charge in [-0.25, -0.2) is 8.42 Å². The lowest BCUT2D eigenvalue weighted by Crippen LogP contribution is -2.54. The topological polar surface area (TPSA) is 86.8 Å². The minimum absolute atomic E-state index is 0.0171. The van der Waals surface area contributed by atoms with Crippen LogP contribution < -0.4 is 9.62 Å². The highest BCUT2D eigenvalue weighted by Gasteiger charge is 2.33. The number of carbonyl (C=O) groups excluding carboxylic acids is 2. The second-order valence-corrected chi connectivity index (χ2v) is 14.1. The molecule has 41 heavy (non-hydrogen) atoms. The van der Waals surface area contributed by atoms with Crippen LogP contribution in [0.5, 0.6) is 0 Å². The molecule has 0 saturated carbocycles. The van der Waals surface area contributed by atoms with Gasteiger partial charge in [-0.05, 0) is 82.6 Å². The quantitative estimate of drug-likeness (QED) is 0.265. The van der Waals surface area contributed by atoms with Crippen molar-refractivity contribution in [1.29, 1.82) is 0 Å². The van der Waals surface area contributed by atoms with Crippen molar-refractivity contribution in [3.05, 3.63) is 91.9 Å². The van der Waals surface area contributed by atoms with E-state index in [1.54, 1.807) is 37.3 Å². The molecule has 1 atom stereocenters. The SMILES string of the molecule is Cc1ccc(S(=O)(=O)N(CC(=O)N(Cc2ccc(Cl)c(Cl)c2)[C@H](C)C(=O)NC(C)(C)C)c2ccc(Cl)c(Cl)c2)cc1. The first-order chi connectivity index (χ1) is 19.0. The Morgan fingerprint density at radius 2 is 1.41 bits per heavy atom. The minimum Gasteiger partial charge on any atom is -0.350 e. The molecular weight excluding hydrogens is 628 g/mol. The van der Waals surface area contributed by atoms with E-state index in [1.165, 1.54) is 35.2 Å². The zero-order valence-electron chi connectivity index (χ0n) is 23.2. The van der Waals surface area contributed by atoms with Crippen molar-refractivity contribution in [2.75, 3.05) is 10.8 Å². The van der Waals surface area contributed by atoms with E-state index in [-0.39, 0.29) is 32.2 Å². The zero-order chi connectivity index (χ0) is 30.7. The molecule has 0 bridgehead atoms. The van der Waals surface area contributed by atoms with Gasteiger partial charge in [0.25, 0.3) is 10.0 Å². The van der Waals surface area contributed by atoms with Gasteiger partial charge in [0.1, 0.15) is 12.6 Å². The molecule has 3 aromatic carbocycles. The Morgan fingerprint density at radius 3 is 1.95 bits per heavy atom. The van der Waals surface area contributed by atoms with Crippen LogP contribution in [-0.4, -0.2) is 43.3 Å². The fraction of sp³-hybridized carbons (Fsp3) is 0.310. The van der Waals surface area contributed by atoms with Crippen molar-refractivity contribution >= 4 is 73.9 Å². The lowest BCUT2D eigenvalue weighted by Gasteiger charge is -2.33. The number of halogens is 4. The van der Waals surface area contributed by atoms with E-state index in [1.807, 2.05) is 27.7 Å². The summed E-state index contributed by atoms with van der Waals surface area (Å²) < 4.78 is 28.8. The number of nitrogens with one attached hydrogen (secondary N) is 1. The van der Waals surface area contributed by atoms with Gasteiger partial charge in [-0.1, -0.05) is 70.2 Å². The minimum atomic E-state index is -4.24. The van der Waals surface area contributed by atoms with Crippen molar-refractivity contribution in [2.45, 2.75) is 57.6 Å². The van der Waals surface area contributed by atoms with Gasteiger partial charge in [0.05, 0.1) is 30.7 Å². The molecule has 0 saturated heterocycles. The van der Waals surface area contributed by atoms with Crippen molar-refractivity contribution in [2.24, 2.45) is 0 Å². The highest BCUT2D eigenvalue weighted by molar-refractivity contribution is 7.92. The number of nitrogens with zero attached hydrogens (tertiary/aromatic N) is 2. The smallest absolute Gasteiger partial charge is 0.264 e. The fourth-order valence-electron chi connectivity index (χ4n) is 3.90. The maximum atomic E-state index is 14.0. The average Bonchev–Trinajstić information content (AvgIpc) is 2.88. The third-order valence-corrected chi connectivity index (χ3v) is 9.35. The van der Waals surface area contributed by atoms with Crippen LogP contribution in [0.4, 0.5) is 5.69 Å². The summed E-state index contributed by atoms with van der Waals surface area (Å²) in [6.07, 6.45) is 0. The highest BCUT2D eigenvalue weighted by atomic mass is 35.5. The van der Waals surface area contributed by atoms with E-state index in [9.17, 15) is 18.0 Å². The molecule has 1 N–H and O–H groups in total. The Labute approximate surface area is 261 Å². The summed E-state index contributed by atoms with van der Waals surface area (Å²) in [4.78, 5) is 28.5. The number of rotatable bonds is 9. The summed E-state index contributed by atoms with van der Waals surface area (Å²) in [6, 6.07) is 14.5. The molecule has 0 aliphatic heterocycles. The Hall–Kier alpha value is -2.49. The first kappa shape index (κ1) is 33.0. The van der Waals surface area contributed by atoms with Gasteiger partial charge >= 0.3 is 0 Å². The molecule has 3 aromatic rings. The molecule has 12 heteroatoms. The lowest BCUT2D eigenvalue weighted by atomic mass is 10.1. The molecule has 0 unspecified atom stereocenters. The maximum absolute atomic E-state index is 14.0. The number of hydrogen-bond acceptors (Lipinski definition) is 4. The Balaban J connectivity index is 2.08. The first-order valence-corrected chi connectivity index (χ1v) is 15.5. The van der Waals surface area contributed by atoms with E-state index < -0.39 is 40.0 Å². The van der Waals surface area contributed by atoms with Crippen molar-refractivity contribution in [3.63, 3.8) is 0 Å². The second-order valence-electron chi connectivity index (χ2n) is 10.6. The maximum Gasteiger partial charge on any atom is 0.264 e. The van der Waals surface area contributed by atoms with E-state index >= 15 is 0 Å². The largest absolute Gasteiger partial charge is 0.350 e. The third kappa shape index (κ3) is 8.52. The first-order valence-electron chi connectivity index (χ1n) is 12.6. The van der Waals surface area contributed by atoms with Crippen LogP contribution in [0, 0.1) is 6.92 Å². The number of aryl methyl sites for hydroxylation is 1. The zero-order valence-corrected chi connectivity index (χ0v) is 27.1. The van der Waals surface area contributed by atoms with Gasteiger partial charge in [-0.15, -0.1) is 0 Å². The molecule has 7 nitrogen and oxygen atoms in total. The van der Waals surface area contributed by atoms with Crippen LogP contribution in [0.1, 0.15) is 38.8 Å². The van der Waals surface area contributed by atoms with Gasteiger partial charge in [0.15, 0.2) is 0 Å². The second kappa shape index (κ2) is 13.2. The molecule has 0 fully saturated rings. The molecule has 3 rings (SSSR count). The summed E-state index contributed by atoms with van der Waals surface area (Å²) in [7, 11) is -4.24. The predicted octanol–water partition coefficient (Wildman–Crippen LogP) is 7.14. The van der Waals surface area contributed by atoms with Crippen LogP contribution in [0.15, 0.2) is 65.6 Å².